The highest BCUT2D eigenvalue weighted by Gasteiger charge is 2.53. The number of aliphatic carboxylic acids is 1. The Bertz CT molecular complexity index is 5800. The van der Waals surface area contributed by atoms with Crippen molar-refractivity contribution in [3.05, 3.63) is 167 Å². The minimum atomic E-state index is -2.54. The number of nitro benzene ring substituents is 2. The van der Waals surface area contributed by atoms with E-state index >= 15 is 28.8 Å². The fourth-order valence-electron chi connectivity index (χ4n) is 15.6. The number of ether oxygens (including phenoxy) is 12. The minimum absolute atomic E-state index is 0.0246. The zero-order chi connectivity index (χ0) is 97.8. The number of nitrogens with two attached hydrogens (primary N) is 1. The summed E-state index contributed by atoms with van der Waals surface area (Å²) >= 11 is 14.3. The number of halogens is 2. The molecule has 11 bridgehead atoms. The lowest BCUT2D eigenvalue weighted by atomic mass is 9.85. The Hall–Kier alpha value is -14.1. The van der Waals surface area contributed by atoms with Crippen LogP contribution in [0, 0.1) is 26.1 Å². The zero-order valence-corrected chi connectivity index (χ0v) is 73.5. The third-order valence-corrected chi connectivity index (χ3v) is 23.1. The number of carbonyl (C=O) groups is 10. The van der Waals surface area contributed by atoms with Gasteiger partial charge in [-0.05, 0) is 109 Å². The molecular weight excluding hydrogens is 1820 g/mol. The molecule has 7 aromatic rings. The molecule has 18 atom stereocenters. The van der Waals surface area contributed by atoms with Crippen molar-refractivity contribution in [3.8, 4) is 85.9 Å². The molecule has 0 aliphatic carbocycles. The van der Waals surface area contributed by atoms with Crippen molar-refractivity contribution in [1.82, 2.24) is 42.1 Å². The molecular formula is C85H91Cl2N11O36. The van der Waals surface area contributed by atoms with Gasteiger partial charge >= 0.3 is 23.8 Å². The van der Waals surface area contributed by atoms with Gasteiger partial charge in [0.05, 0.1) is 90.7 Å². The first-order valence-electron chi connectivity index (χ1n) is 40.6. The van der Waals surface area contributed by atoms with Crippen LogP contribution in [0.1, 0.15) is 111 Å². The summed E-state index contributed by atoms with van der Waals surface area (Å²) in [5.41, 5.74) is -1.21. The second-order valence-electron chi connectivity index (χ2n) is 32.0. The number of carbonyl (C=O) groups excluding carboxylic acids is 9. The van der Waals surface area contributed by atoms with Gasteiger partial charge in [-0.2, -0.15) is 0 Å². The van der Waals surface area contributed by atoms with E-state index in [4.69, 9.17) is 85.8 Å². The maximum atomic E-state index is 16.4. The van der Waals surface area contributed by atoms with E-state index < -0.39 is 312 Å². The Labute approximate surface area is 767 Å². The first-order valence-corrected chi connectivity index (χ1v) is 41.3. The molecule has 19 N–H and O–H groups in total. The molecule has 0 saturated carbocycles. The van der Waals surface area contributed by atoms with Crippen molar-refractivity contribution in [3.63, 3.8) is 0 Å². The van der Waals surface area contributed by atoms with Gasteiger partial charge in [0, 0.05) is 42.3 Å². The van der Waals surface area contributed by atoms with Crippen molar-refractivity contribution < 1.29 is 166 Å². The van der Waals surface area contributed by atoms with Crippen LogP contribution in [-0.2, 0) is 63.9 Å². The lowest BCUT2D eigenvalue weighted by Crippen LogP contribution is -2.66. The number of likely N-dealkylation sites (N-methyl/N-ethyl adjacent to an activating group) is 1. The van der Waals surface area contributed by atoms with E-state index in [-0.39, 0.29) is 46.1 Å². The van der Waals surface area contributed by atoms with Gasteiger partial charge in [0.15, 0.2) is 52.9 Å². The van der Waals surface area contributed by atoms with E-state index in [0.717, 1.165) is 104 Å². The van der Waals surface area contributed by atoms with Gasteiger partial charge in [-0.3, -0.25) is 58.7 Å². The van der Waals surface area contributed by atoms with Gasteiger partial charge in [-0.15, -0.1) is 0 Å². The van der Waals surface area contributed by atoms with Gasteiger partial charge in [0.1, 0.15) is 108 Å². The fraction of sp³-hybridized carbons (Fsp3) is 0.388. The maximum absolute atomic E-state index is 16.4. The molecule has 0 spiro atoms. The average Bonchev–Trinajstić information content (AvgIpc) is 0.765. The first-order chi connectivity index (χ1) is 63.4. The number of alkyl carbamates (subject to hydrolysis) is 1. The van der Waals surface area contributed by atoms with E-state index in [1.165, 1.54) is 48.4 Å². The summed E-state index contributed by atoms with van der Waals surface area (Å²) in [6.45, 7) is 3.97. The number of benzene rings is 7. The molecule has 16 unspecified atom stereocenters. The van der Waals surface area contributed by atoms with E-state index in [1.54, 1.807) is 13.8 Å². The van der Waals surface area contributed by atoms with Crippen molar-refractivity contribution in [2.75, 3.05) is 42.1 Å². The molecule has 9 amide bonds. The number of aliphatic hydroxyl groups is 6. The summed E-state index contributed by atoms with van der Waals surface area (Å²) < 4.78 is 70.9. The highest BCUT2D eigenvalue weighted by Crippen LogP contribution is 2.51. The number of amides is 9. The lowest BCUT2D eigenvalue weighted by molar-refractivity contribution is -0.386. The number of nitro groups is 2. The van der Waals surface area contributed by atoms with Crippen molar-refractivity contribution in [2.24, 2.45) is 11.7 Å². The Kier molecular flexibility index (Phi) is 30.2. The van der Waals surface area contributed by atoms with Crippen LogP contribution in [0.2, 0.25) is 10.0 Å². The molecule has 47 nitrogen and oxygen atoms in total. The standard InChI is InChI=1S/C85H91Cl2N11O36/c1-32(2)16-47(96(5)84(118)132-52-28-56(126-9)55(125-8)27-46(52)98(121)122)76(110)93-66-68(104)35-11-14-50(42(86)18-35)129-57-20-37-21-58(72(57)134-82-73(71(107)70(106)59(30-99)131-82)133-61-29-85(4,74(108)33(3)128-61)95-83(117)127-31-38-22-53(123-6)54(124-7)26-45(38)97(119)120)130-51-15-12-36(19-43(51)87)69(105)67-80(114)92-65(81(115)116)41-23-39(100)24-49(102)62(41)40-17-34(10-13-48(40)101)63(77(111)94-67)91-78(112)64(37)90-75(109)44(25-60(88)103)89-79(66)113/h10-15,17-24,26-28,32-33,44,47,59,61,63-71,73-74,82,99-102,104-108H,16,25,29-31H2,1-9H3,(H2,88,103)(H,89,113)(H,90,109)(H,91,112)(H,92,114)(H,93,110)(H,94,111)(H,95,117)(H,115,116)/t33?,44?,47?,59?,61?,63?,64?,65-,66?,67?,68?,69?,70?,71?,73?,74?,82?,85-/m0/s1. The molecule has 7 heterocycles. The smallest absolute Gasteiger partial charge is 0.415 e. The maximum Gasteiger partial charge on any atom is 0.415 e. The van der Waals surface area contributed by atoms with E-state index in [1.807, 2.05) is 0 Å². The zero-order valence-electron chi connectivity index (χ0n) is 72.0. The quantitative estimate of drug-likeness (QED) is 0.0319. The minimum Gasteiger partial charge on any atom is -0.508 e. The SMILES string of the molecule is COc1cc(COC(=O)N[C@@]2(C)CC(OC3C(Oc4c5cc6cc4Oc4ccc(cc4Cl)C(O)C(NC(=O)C(CC(C)C)N(C)C(=O)Oc4cc(OC)c(OC)cc4[N+](=O)[O-])C(=O)NC(CC(N)=O)C(=O)NC6C(=O)NC4C(=O)NC(C(=O)N[C@H](C(=O)O)c6cc(O)cc(O)c6-c6cc4ccc6O)C(O)c4ccc(c(Cl)c4)O5)OC(CO)C(O)C3O)OC(C)C2O)c([N+](=O)[O-])cc1OC. The normalized spacial score (nSPS) is 24.7. The number of nitrogens with zero attached hydrogens (tertiary/aromatic N) is 3. The van der Waals surface area contributed by atoms with Crippen LogP contribution in [0.3, 0.4) is 0 Å². The summed E-state index contributed by atoms with van der Waals surface area (Å²) in [6.07, 6.45) is -25.1. The van der Waals surface area contributed by atoms with Crippen LogP contribution in [0.25, 0.3) is 11.1 Å². The number of carboxylic acid groups (broad SMARTS) is 1. The number of phenolic OH excluding ortho intramolecular Hbond substituents is 3. The molecule has 7 aromatic carbocycles. The topological polar surface area (TPSA) is 684 Å². The van der Waals surface area contributed by atoms with Gasteiger partial charge < -0.3 is 151 Å². The Morgan fingerprint density at radius 1 is 0.657 bits per heavy atom. The lowest BCUT2D eigenvalue weighted by Gasteiger charge is -2.48. The van der Waals surface area contributed by atoms with Gasteiger partial charge in [0.2, 0.25) is 59.1 Å². The van der Waals surface area contributed by atoms with Crippen molar-refractivity contribution in [1.29, 1.82) is 0 Å². The average molecular weight is 1910 g/mol. The van der Waals surface area contributed by atoms with Crippen molar-refractivity contribution in [2.45, 2.75) is 163 Å². The molecule has 2 saturated heterocycles. The molecule has 49 heteroatoms. The number of fused-ring (bicyclic) bond motifs is 15. The molecule has 0 aromatic heterocycles. The molecule has 7 aliphatic heterocycles. The predicted molar refractivity (Wildman–Crippen MR) is 456 cm³/mol. The number of primary amides is 1. The summed E-state index contributed by atoms with van der Waals surface area (Å²) in [5, 5.41) is 157. The summed E-state index contributed by atoms with van der Waals surface area (Å²) in [5.74, 6) is -19.8. The number of aliphatic hydroxyl groups excluding tert-OH is 6. The third kappa shape index (κ3) is 21.2. The van der Waals surface area contributed by atoms with Crippen LogP contribution in [0.4, 0.5) is 21.0 Å². The van der Waals surface area contributed by atoms with Crippen molar-refractivity contribution >= 4 is 94.1 Å². The largest absolute Gasteiger partial charge is 0.508 e. The fourth-order valence-corrected chi connectivity index (χ4v) is 16.1. The summed E-state index contributed by atoms with van der Waals surface area (Å²) in [6, 6.07) is 0.288. The summed E-state index contributed by atoms with van der Waals surface area (Å²) in [4.78, 5) is 172. The molecule has 134 heavy (non-hydrogen) atoms. The number of phenols is 3. The highest BCUT2D eigenvalue weighted by atomic mass is 35.5. The number of hydrogen-bond donors (Lipinski definition) is 18. The van der Waals surface area contributed by atoms with Crippen LogP contribution in [0.15, 0.2) is 103 Å². The second kappa shape index (κ2) is 40.9. The highest BCUT2D eigenvalue weighted by molar-refractivity contribution is 6.32. The van der Waals surface area contributed by atoms with Gasteiger partial charge in [-0.1, -0.05) is 55.2 Å². The number of aromatic hydroxyl groups is 3. The predicted octanol–water partition coefficient (Wildman–Crippen LogP) is 3.84. The van der Waals surface area contributed by atoms with E-state index in [2.05, 4.69) is 37.2 Å². The van der Waals surface area contributed by atoms with Crippen LogP contribution < -0.4 is 80.8 Å². The van der Waals surface area contributed by atoms with Crippen LogP contribution >= 0.6 is 23.2 Å². The van der Waals surface area contributed by atoms with Crippen LogP contribution in [0.5, 0.6) is 74.7 Å². The molecule has 0 radical (unpaired) electrons. The number of hydrogen-bond acceptors (Lipinski definition) is 35. The first kappa shape index (κ1) is 98.9. The van der Waals surface area contributed by atoms with E-state index in [9.17, 15) is 90.5 Å². The number of methoxy groups -OCH3 is 4. The Balaban J connectivity index is 1.03. The monoisotopic (exact) mass is 1910 g/mol. The number of nitrogens with one attached hydrogen (secondary N) is 7. The molecule has 2 fully saturated rings. The van der Waals surface area contributed by atoms with Gasteiger partial charge in [0.25, 0.3) is 5.69 Å². The Morgan fingerprint density at radius 2 is 1.23 bits per heavy atom. The Morgan fingerprint density at radius 3 is 1.81 bits per heavy atom. The second-order valence-corrected chi connectivity index (χ2v) is 32.8. The number of rotatable bonds is 23. The summed E-state index contributed by atoms with van der Waals surface area (Å²) in [7, 11) is 5.89. The third-order valence-electron chi connectivity index (χ3n) is 22.5. The number of carboxylic acids is 1. The molecule has 14 rings (SSSR count). The van der Waals surface area contributed by atoms with Gasteiger partial charge in [-0.25, -0.2) is 14.4 Å². The van der Waals surface area contributed by atoms with Crippen LogP contribution in [-0.4, -0.2) is 246 Å². The molecule has 7 aliphatic rings. The molecule has 716 valence electrons. The van der Waals surface area contributed by atoms with E-state index in [0.29, 0.717) is 4.90 Å².